The van der Waals surface area contributed by atoms with Gasteiger partial charge in [0.25, 0.3) is 11.5 Å². The maximum Gasteiger partial charge on any atom is 0.326 e. The summed E-state index contributed by atoms with van der Waals surface area (Å²) in [5, 5.41) is 31.4. The number of carboxylic acid groups (broad SMARTS) is 2. The highest BCUT2D eigenvalue weighted by molar-refractivity contribution is 7.18. The van der Waals surface area contributed by atoms with Gasteiger partial charge in [0.2, 0.25) is 0 Å². The molecule has 4 rings (SSSR count). The van der Waals surface area contributed by atoms with Gasteiger partial charge in [-0.25, -0.2) is 14.8 Å². The lowest BCUT2D eigenvalue weighted by atomic mass is 10.1. The second kappa shape index (κ2) is 8.67. The zero-order valence-electron chi connectivity index (χ0n) is 16.8. The first-order chi connectivity index (χ1) is 15.8. The standard InChI is InChI=1S/C21H16N4O7S/c26-15(27)8-12(21(31)32)24-19(29)16-17(28)10-4-3-7-22-18(10)25(20(16)30)9-14-23-11-5-1-2-6-13(11)33-14/h1-7,12,28H,8-9H2,(H,24,29)(H,26,27)(H,31,32)/t12-/m0/s1. The zero-order valence-corrected chi connectivity index (χ0v) is 17.6. The summed E-state index contributed by atoms with van der Waals surface area (Å²) < 4.78 is 2.06. The molecule has 33 heavy (non-hydrogen) atoms. The van der Waals surface area contributed by atoms with Crippen molar-refractivity contribution in [2.45, 2.75) is 19.0 Å². The van der Waals surface area contributed by atoms with Crippen LogP contribution in [0.2, 0.25) is 0 Å². The number of aliphatic carboxylic acids is 2. The fourth-order valence-corrected chi connectivity index (χ4v) is 4.30. The Morgan fingerprint density at radius 2 is 1.88 bits per heavy atom. The molecule has 12 heteroatoms. The minimum absolute atomic E-state index is 0.0518. The molecule has 0 aliphatic heterocycles. The normalized spacial score (nSPS) is 12.0. The molecule has 4 N–H and O–H groups in total. The lowest BCUT2D eigenvalue weighted by Crippen LogP contribution is -2.44. The Labute approximate surface area is 188 Å². The number of aromatic nitrogens is 3. The minimum atomic E-state index is -1.80. The highest BCUT2D eigenvalue weighted by Crippen LogP contribution is 2.27. The average molecular weight is 468 g/mol. The summed E-state index contributed by atoms with van der Waals surface area (Å²) in [5.41, 5.74) is -0.795. The highest BCUT2D eigenvalue weighted by atomic mass is 32.1. The van der Waals surface area contributed by atoms with Crippen molar-refractivity contribution >= 4 is 50.4 Å². The van der Waals surface area contributed by atoms with Crippen molar-refractivity contribution in [3.05, 3.63) is 63.5 Å². The number of carbonyl (C=O) groups excluding carboxylic acids is 1. The summed E-state index contributed by atoms with van der Waals surface area (Å²) in [6, 6.07) is 8.53. The largest absolute Gasteiger partial charge is 0.506 e. The molecule has 0 fully saturated rings. The number of carboxylic acids is 2. The number of benzene rings is 1. The van der Waals surface area contributed by atoms with Gasteiger partial charge in [0.15, 0.2) is 0 Å². The average Bonchev–Trinajstić information content (AvgIpc) is 3.18. The van der Waals surface area contributed by atoms with E-state index >= 15 is 0 Å². The van der Waals surface area contributed by atoms with Gasteiger partial charge in [-0.15, -0.1) is 11.3 Å². The van der Waals surface area contributed by atoms with Crippen LogP contribution in [0.1, 0.15) is 21.8 Å². The lowest BCUT2D eigenvalue weighted by Gasteiger charge is -2.15. The summed E-state index contributed by atoms with van der Waals surface area (Å²) in [5.74, 6) is -4.94. The van der Waals surface area contributed by atoms with Crippen LogP contribution in [0.15, 0.2) is 47.4 Å². The number of fused-ring (bicyclic) bond motifs is 2. The van der Waals surface area contributed by atoms with E-state index in [0.717, 1.165) is 14.8 Å². The first kappa shape index (κ1) is 21.9. The summed E-state index contributed by atoms with van der Waals surface area (Å²) in [6.45, 7) is -0.0518. The molecule has 11 nitrogen and oxygen atoms in total. The van der Waals surface area contributed by atoms with E-state index in [2.05, 4.69) is 9.97 Å². The van der Waals surface area contributed by atoms with E-state index in [4.69, 9.17) is 5.11 Å². The molecule has 0 aliphatic carbocycles. The van der Waals surface area contributed by atoms with Crippen molar-refractivity contribution in [1.82, 2.24) is 19.9 Å². The van der Waals surface area contributed by atoms with Gasteiger partial charge in [0, 0.05) is 6.20 Å². The highest BCUT2D eigenvalue weighted by Gasteiger charge is 2.28. The molecular weight excluding hydrogens is 452 g/mol. The number of para-hydroxylation sites is 1. The Bertz CT molecular complexity index is 1440. The van der Waals surface area contributed by atoms with Crippen molar-refractivity contribution in [3.8, 4) is 5.75 Å². The number of nitrogens with one attached hydrogen (secondary N) is 1. The number of thiazole rings is 1. The molecular formula is C21H16N4O7S. The summed E-state index contributed by atoms with van der Waals surface area (Å²) in [7, 11) is 0. The van der Waals surface area contributed by atoms with Crippen LogP contribution in [0.5, 0.6) is 5.75 Å². The number of carbonyl (C=O) groups is 3. The van der Waals surface area contributed by atoms with Crippen LogP contribution in [-0.4, -0.2) is 53.7 Å². The molecule has 4 aromatic rings. The van der Waals surface area contributed by atoms with Crippen molar-refractivity contribution < 1.29 is 29.7 Å². The fraction of sp³-hybridized carbons (Fsp3) is 0.143. The third kappa shape index (κ3) is 4.23. The predicted molar refractivity (Wildman–Crippen MR) is 118 cm³/mol. The van der Waals surface area contributed by atoms with Crippen molar-refractivity contribution in [3.63, 3.8) is 0 Å². The number of hydrogen-bond donors (Lipinski definition) is 4. The number of hydrogen-bond acceptors (Lipinski definition) is 8. The third-order valence-corrected chi connectivity index (χ3v) is 5.86. The van der Waals surface area contributed by atoms with Gasteiger partial charge in [-0.3, -0.25) is 19.0 Å². The molecule has 3 heterocycles. The maximum atomic E-state index is 13.3. The molecule has 1 aromatic carbocycles. The first-order valence-electron chi connectivity index (χ1n) is 9.56. The van der Waals surface area contributed by atoms with Gasteiger partial charge in [0.05, 0.1) is 28.6 Å². The van der Waals surface area contributed by atoms with Crippen molar-refractivity contribution in [2.75, 3.05) is 0 Å². The van der Waals surface area contributed by atoms with E-state index in [0.29, 0.717) is 5.01 Å². The molecule has 168 valence electrons. The number of aromatic hydroxyl groups is 1. The molecule has 0 radical (unpaired) electrons. The lowest BCUT2D eigenvalue weighted by molar-refractivity contribution is -0.145. The number of nitrogens with zero attached hydrogens (tertiary/aromatic N) is 3. The smallest absolute Gasteiger partial charge is 0.326 e. The first-order valence-corrected chi connectivity index (χ1v) is 10.4. The Balaban J connectivity index is 1.82. The molecule has 1 amide bonds. The quantitative estimate of drug-likeness (QED) is 0.313. The van der Waals surface area contributed by atoms with Crippen LogP contribution in [0, 0.1) is 0 Å². The van der Waals surface area contributed by atoms with Crippen LogP contribution in [0.25, 0.3) is 21.3 Å². The van der Waals surface area contributed by atoms with E-state index in [-0.39, 0.29) is 17.6 Å². The van der Waals surface area contributed by atoms with Crippen LogP contribution >= 0.6 is 11.3 Å². The Hall–Kier alpha value is -4.32. The third-order valence-electron chi connectivity index (χ3n) is 4.83. The van der Waals surface area contributed by atoms with Crippen LogP contribution < -0.4 is 10.9 Å². The molecule has 3 aromatic heterocycles. The second-order valence-corrected chi connectivity index (χ2v) is 8.14. The van der Waals surface area contributed by atoms with E-state index in [1.54, 1.807) is 0 Å². The Morgan fingerprint density at radius 1 is 1.12 bits per heavy atom. The van der Waals surface area contributed by atoms with Gasteiger partial charge >= 0.3 is 11.9 Å². The van der Waals surface area contributed by atoms with Gasteiger partial charge < -0.3 is 20.6 Å². The van der Waals surface area contributed by atoms with Crippen molar-refractivity contribution in [2.24, 2.45) is 0 Å². The minimum Gasteiger partial charge on any atom is -0.506 e. The van der Waals surface area contributed by atoms with Crippen LogP contribution in [0.3, 0.4) is 0 Å². The van der Waals surface area contributed by atoms with Crippen LogP contribution in [-0.2, 0) is 16.1 Å². The van der Waals surface area contributed by atoms with Gasteiger partial charge in [-0.2, -0.15) is 0 Å². The molecule has 0 unspecified atom stereocenters. The summed E-state index contributed by atoms with van der Waals surface area (Å²) >= 11 is 1.34. The van der Waals surface area contributed by atoms with Gasteiger partial charge in [-0.1, -0.05) is 12.1 Å². The molecule has 0 bridgehead atoms. The fourth-order valence-electron chi connectivity index (χ4n) is 3.34. The molecule has 0 spiro atoms. The van der Waals surface area contributed by atoms with E-state index in [9.17, 15) is 29.4 Å². The molecule has 0 aliphatic rings. The summed E-state index contributed by atoms with van der Waals surface area (Å²) in [6.07, 6.45) is 0.514. The number of rotatable bonds is 7. The van der Waals surface area contributed by atoms with E-state index in [1.807, 2.05) is 29.6 Å². The topological polar surface area (TPSA) is 172 Å². The number of amides is 1. The van der Waals surface area contributed by atoms with E-state index in [1.165, 1.54) is 29.7 Å². The predicted octanol–water partition coefficient (Wildman–Crippen LogP) is 1.42. The molecule has 1 atom stereocenters. The Morgan fingerprint density at radius 3 is 2.58 bits per heavy atom. The summed E-state index contributed by atoms with van der Waals surface area (Å²) in [4.78, 5) is 57.0. The zero-order chi connectivity index (χ0) is 23.7. The number of pyridine rings is 2. The SMILES string of the molecule is O=C(O)C[C@H](NC(=O)c1c(O)c2cccnc2n(Cc2nc3ccccc3s2)c1=O)C(=O)O. The van der Waals surface area contributed by atoms with E-state index < -0.39 is 47.2 Å². The molecule has 0 saturated carbocycles. The second-order valence-electron chi connectivity index (χ2n) is 7.03. The molecule has 0 saturated heterocycles. The monoisotopic (exact) mass is 468 g/mol. The van der Waals surface area contributed by atoms with Crippen LogP contribution in [0.4, 0.5) is 0 Å². The maximum absolute atomic E-state index is 13.3. The van der Waals surface area contributed by atoms with Gasteiger partial charge in [0.1, 0.15) is 28.0 Å². The van der Waals surface area contributed by atoms with Gasteiger partial charge in [-0.05, 0) is 24.3 Å². The Kier molecular flexibility index (Phi) is 5.75. The van der Waals surface area contributed by atoms with Crippen molar-refractivity contribution in [1.29, 1.82) is 0 Å².